The number of carbonyl (C=O) groups excluding carboxylic acids is 2. The van der Waals surface area contributed by atoms with Gasteiger partial charge in [-0.1, -0.05) is 136 Å². The molecule has 0 N–H and O–H groups in total. The third-order valence-electron chi connectivity index (χ3n) is 7.14. The van der Waals surface area contributed by atoms with Gasteiger partial charge in [-0.3, -0.25) is 9.59 Å². The van der Waals surface area contributed by atoms with E-state index in [2.05, 4.69) is 30.8 Å². The van der Waals surface area contributed by atoms with Gasteiger partial charge in [0.25, 0.3) is 0 Å². The average molecular weight is 537 g/mol. The molecule has 0 amide bonds. The molecule has 0 spiro atoms. The van der Waals surface area contributed by atoms with E-state index in [1.165, 1.54) is 68.9 Å². The van der Waals surface area contributed by atoms with Gasteiger partial charge in [0.15, 0.2) is 5.78 Å². The minimum Gasteiger partial charge on any atom is -0.427 e. The first-order valence-corrected chi connectivity index (χ1v) is 14.8. The smallest absolute Gasteiger partial charge is 0.311 e. The van der Waals surface area contributed by atoms with Crippen molar-refractivity contribution in [3.8, 4) is 5.75 Å². The lowest BCUT2D eigenvalue weighted by Gasteiger charge is -2.06. The van der Waals surface area contributed by atoms with Crippen LogP contribution in [-0.2, 0) is 11.2 Å². The van der Waals surface area contributed by atoms with E-state index in [4.69, 9.17) is 4.74 Å². The van der Waals surface area contributed by atoms with E-state index in [9.17, 15) is 9.59 Å². The summed E-state index contributed by atoms with van der Waals surface area (Å²) in [5.41, 5.74) is 5.32. The number of esters is 1. The summed E-state index contributed by atoms with van der Waals surface area (Å²) in [4.78, 5) is 24.4. The molecule has 0 bridgehead atoms. The number of rotatable bonds is 18. The highest BCUT2D eigenvalue weighted by atomic mass is 16.5. The molecule has 210 valence electrons. The summed E-state index contributed by atoms with van der Waals surface area (Å²) in [5.74, 6) is 0.315. The Morgan fingerprint density at radius 3 is 1.85 bits per heavy atom. The second-order valence-corrected chi connectivity index (χ2v) is 10.6. The van der Waals surface area contributed by atoms with Crippen LogP contribution < -0.4 is 4.74 Å². The zero-order valence-corrected chi connectivity index (χ0v) is 24.1. The Kier molecular flexibility index (Phi) is 13.7. The van der Waals surface area contributed by atoms with Crippen molar-refractivity contribution in [2.75, 3.05) is 0 Å². The Labute approximate surface area is 241 Å². The maximum atomic E-state index is 12.2. The molecule has 3 aromatic carbocycles. The lowest BCUT2D eigenvalue weighted by atomic mass is 10.0. The van der Waals surface area contributed by atoms with Crippen molar-refractivity contribution in [2.24, 2.45) is 0 Å². The molecular weight excluding hydrogens is 492 g/mol. The van der Waals surface area contributed by atoms with Crippen LogP contribution in [0.2, 0.25) is 0 Å². The number of ether oxygens (including phenoxy) is 1. The fraction of sp³-hybridized carbons (Fsp3) is 0.351. The third kappa shape index (κ3) is 12.0. The van der Waals surface area contributed by atoms with Crippen molar-refractivity contribution in [3.05, 3.63) is 114 Å². The molecule has 0 radical (unpaired) electrons. The fourth-order valence-electron chi connectivity index (χ4n) is 4.67. The van der Waals surface area contributed by atoms with Crippen LogP contribution >= 0.6 is 0 Å². The molecule has 3 heteroatoms. The highest BCUT2D eigenvalue weighted by Crippen LogP contribution is 2.17. The van der Waals surface area contributed by atoms with Gasteiger partial charge in [0, 0.05) is 12.0 Å². The van der Waals surface area contributed by atoms with E-state index in [0.29, 0.717) is 17.7 Å². The summed E-state index contributed by atoms with van der Waals surface area (Å²) < 4.78 is 5.47. The Bertz CT molecular complexity index is 1200. The van der Waals surface area contributed by atoms with Gasteiger partial charge in [0.05, 0.1) is 0 Å². The molecule has 3 rings (SSSR count). The van der Waals surface area contributed by atoms with E-state index in [0.717, 1.165) is 24.0 Å². The number of benzene rings is 3. The SMILES string of the molecule is C=C(C)c1ccc(CCCCCCCCCCCCC(=O)Oc2ccc(C=CC(=O)c3ccccc3)cc2)cc1. The topological polar surface area (TPSA) is 43.4 Å². The van der Waals surface area contributed by atoms with Crippen LogP contribution in [0.4, 0.5) is 0 Å². The maximum Gasteiger partial charge on any atom is 0.311 e. The van der Waals surface area contributed by atoms with E-state index in [1.807, 2.05) is 37.3 Å². The van der Waals surface area contributed by atoms with Crippen molar-refractivity contribution in [1.82, 2.24) is 0 Å². The van der Waals surface area contributed by atoms with E-state index < -0.39 is 0 Å². The molecule has 0 aliphatic heterocycles. The molecule has 0 atom stereocenters. The second-order valence-electron chi connectivity index (χ2n) is 10.6. The number of unbranched alkanes of at least 4 members (excludes halogenated alkanes) is 9. The highest BCUT2D eigenvalue weighted by molar-refractivity contribution is 6.06. The minimum absolute atomic E-state index is 0.0382. The summed E-state index contributed by atoms with van der Waals surface area (Å²) in [6.45, 7) is 6.05. The van der Waals surface area contributed by atoms with Gasteiger partial charge in [0.2, 0.25) is 0 Å². The van der Waals surface area contributed by atoms with E-state index in [-0.39, 0.29) is 11.8 Å². The van der Waals surface area contributed by atoms with E-state index in [1.54, 1.807) is 36.4 Å². The van der Waals surface area contributed by atoms with Crippen molar-refractivity contribution in [2.45, 2.75) is 84.0 Å². The number of aryl methyl sites for hydroxylation is 1. The fourth-order valence-corrected chi connectivity index (χ4v) is 4.67. The molecule has 3 aromatic rings. The summed E-state index contributed by atoms with van der Waals surface area (Å²) in [6.07, 6.45) is 17.1. The molecule has 0 saturated carbocycles. The lowest BCUT2D eigenvalue weighted by molar-refractivity contribution is -0.134. The largest absolute Gasteiger partial charge is 0.427 e. The van der Waals surface area contributed by atoms with Crippen LogP contribution in [-0.4, -0.2) is 11.8 Å². The number of hydrogen-bond acceptors (Lipinski definition) is 3. The zero-order chi connectivity index (χ0) is 28.4. The quantitative estimate of drug-likeness (QED) is 0.0534. The first-order valence-electron chi connectivity index (χ1n) is 14.8. The van der Waals surface area contributed by atoms with Crippen LogP contribution in [0.1, 0.15) is 105 Å². The molecule has 0 fully saturated rings. The summed E-state index contributed by atoms with van der Waals surface area (Å²) in [7, 11) is 0. The highest BCUT2D eigenvalue weighted by Gasteiger charge is 2.05. The predicted octanol–water partition coefficient (Wildman–Crippen LogP) is 10.1. The van der Waals surface area contributed by atoms with Gasteiger partial charge >= 0.3 is 5.97 Å². The molecule has 0 aliphatic carbocycles. The van der Waals surface area contributed by atoms with Crippen molar-refractivity contribution >= 4 is 23.4 Å². The molecule has 0 saturated heterocycles. The lowest BCUT2D eigenvalue weighted by Crippen LogP contribution is -2.07. The Morgan fingerprint density at radius 1 is 0.675 bits per heavy atom. The number of hydrogen-bond donors (Lipinski definition) is 0. The Morgan fingerprint density at radius 2 is 1.25 bits per heavy atom. The summed E-state index contributed by atoms with van der Waals surface area (Å²) in [6, 6.07) is 25.2. The summed E-state index contributed by atoms with van der Waals surface area (Å²) >= 11 is 0. The van der Waals surface area contributed by atoms with Crippen LogP contribution in [0.25, 0.3) is 11.6 Å². The van der Waals surface area contributed by atoms with Gasteiger partial charge in [-0.15, -0.1) is 0 Å². The molecular formula is C37H44O3. The van der Waals surface area contributed by atoms with Gasteiger partial charge in [-0.05, 0) is 61.1 Å². The van der Waals surface area contributed by atoms with E-state index >= 15 is 0 Å². The maximum absolute atomic E-state index is 12.2. The normalized spacial score (nSPS) is 11.0. The first-order chi connectivity index (χ1) is 19.5. The first kappa shape index (κ1) is 30.8. The standard InChI is InChI=1S/C37H44O3/c1-30(2)33-25-20-31(21-26-33)16-12-9-7-5-3-4-6-8-10-15-19-37(39)40-35-27-22-32(23-28-35)24-29-36(38)34-17-13-11-14-18-34/h11,13-14,17-18,20-29H,1,3-10,12,15-16,19H2,2H3. The Balaban J connectivity index is 1.16. The third-order valence-corrected chi connectivity index (χ3v) is 7.14. The summed E-state index contributed by atoms with van der Waals surface area (Å²) in [5, 5.41) is 0. The van der Waals surface area contributed by atoms with Crippen molar-refractivity contribution in [3.63, 3.8) is 0 Å². The van der Waals surface area contributed by atoms with Gasteiger partial charge < -0.3 is 4.74 Å². The number of ketones is 1. The number of allylic oxidation sites excluding steroid dienone is 2. The van der Waals surface area contributed by atoms with Crippen molar-refractivity contribution in [1.29, 1.82) is 0 Å². The molecule has 40 heavy (non-hydrogen) atoms. The molecule has 0 unspecified atom stereocenters. The van der Waals surface area contributed by atoms with Crippen LogP contribution in [0.5, 0.6) is 5.75 Å². The van der Waals surface area contributed by atoms with Gasteiger partial charge in [-0.25, -0.2) is 0 Å². The van der Waals surface area contributed by atoms with Crippen LogP contribution in [0, 0.1) is 0 Å². The average Bonchev–Trinajstić information content (AvgIpc) is 2.98. The second kappa shape index (κ2) is 17.8. The Hall–Kier alpha value is -3.72. The minimum atomic E-state index is -0.186. The predicted molar refractivity (Wildman–Crippen MR) is 168 cm³/mol. The van der Waals surface area contributed by atoms with Gasteiger partial charge in [0.1, 0.15) is 5.75 Å². The zero-order valence-electron chi connectivity index (χ0n) is 24.1. The van der Waals surface area contributed by atoms with Gasteiger partial charge in [-0.2, -0.15) is 0 Å². The molecule has 3 nitrogen and oxygen atoms in total. The van der Waals surface area contributed by atoms with Crippen LogP contribution in [0.3, 0.4) is 0 Å². The van der Waals surface area contributed by atoms with Crippen LogP contribution in [0.15, 0.2) is 91.5 Å². The monoisotopic (exact) mass is 536 g/mol. The molecule has 0 aliphatic rings. The number of carbonyl (C=O) groups is 2. The molecule has 0 heterocycles. The van der Waals surface area contributed by atoms with Crippen molar-refractivity contribution < 1.29 is 14.3 Å². The molecule has 0 aromatic heterocycles.